The largest absolute Gasteiger partial charge is 0.467 e. The molecule has 0 bridgehead atoms. The minimum Gasteiger partial charge on any atom is -0.467 e. The Balaban J connectivity index is 2.16. The second-order valence-corrected chi connectivity index (χ2v) is 4.35. The number of hydrogen-bond donors (Lipinski definition) is 1. The Kier molecular flexibility index (Phi) is 4.33. The number of rotatable bonds is 4. The zero-order valence-electron chi connectivity index (χ0n) is 11.0. The van der Waals surface area contributed by atoms with E-state index in [0.717, 1.165) is 5.56 Å². The molecule has 0 spiro atoms. The van der Waals surface area contributed by atoms with E-state index >= 15 is 0 Å². The summed E-state index contributed by atoms with van der Waals surface area (Å²) >= 11 is 5.78. The van der Waals surface area contributed by atoms with Gasteiger partial charge in [-0.05, 0) is 36.2 Å². The minimum absolute atomic E-state index is 0.0501. The topological polar surface area (TPSA) is 83.7 Å². The first-order valence-electron chi connectivity index (χ1n) is 5.84. The second kappa shape index (κ2) is 6.17. The highest BCUT2D eigenvalue weighted by atomic mass is 35.5. The molecule has 0 aliphatic heterocycles. The molecule has 0 radical (unpaired) electrons. The van der Waals surface area contributed by atoms with Gasteiger partial charge in [0.2, 0.25) is 11.2 Å². The zero-order chi connectivity index (χ0) is 14.5. The number of hydrogen-bond acceptors (Lipinski definition) is 6. The van der Waals surface area contributed by atoms with Gasteiger partial charge >= 0.3 is 6.01 Å². The van der Waals surface area contributed by atoms with Gasteiger partial charge in [-0.15, -0.1) is 0 Å². The Morgan fingerprint density at radius 2 is 1.95 bits per heavy atom. The number of halogens is 1. The summed E-state index contributed by atoms with van der Waals surface area (Å²) in [5.41, 5.74) is 1.62. The molecule has 7 heteroatoms. The van der Waals surface area contributed by atoms with E-state index in [9.17, 15) is 0 Å². The Bertz CT molecular complexity index is 638. The van der Waals surface area contributed by atoms with Gasteiger partial charge in [-0.1, -0.05) is 12.1 Å². The van der Waals surface area contributed by atoms with Crippen LogP contribution in [0, 0.1) is 11.3 Å². The van der Waals surface area contributed by atoms with Crippen molar-refractivity contribution in [3.63, 3.8) is 0 Å². The fourth-order valence-electron chi connectivity index (χ4n) is 1.61. The Morgan fingerprint density at radius 3 is 2.55 bits per heavy atom. The van der Waals surface area contributed by atoms with Gasteiger partial charge in [0.05, 0.1) is 24.8 Å². The quantitative estimate of drug-likeness (QED) is 0.931. The fraction of sp³-hybridized carbons (Fsp3) is 0.231. The molecule has 1 heterocycles. The van der Waals surface area contributed by atoms with Crippen LogP contribution in [-0.4, -0.2) is 22.1 Å². The van der Waals surface area contributed by atoms with Crippen molar-refractivity contribution in [2.75, 3.05) is 12.4 Å². The monoisotopic (exact) mass is 289 g/mol. The van der Waals surface area contributed by atoms with Crippen LogP contribution in [0.1, 0.15) is 24.1 Å². The van der Waals surface area contributed by atoms with Crippen LogP contribution in [-0.2, 0) is 0 Å². The molecule has 20 heavy (non-hydrogen) atoms. The van der Waals surface area contributed by atoms with E-state index in [1.807, 2.05) is 19.1 Å². The zero-order valence-corrected chi connectivity index (χ0v) is 11.7. The van der Waals surface area contributed by atoms with Crippen LogP contribution < -0.4 is 10.1 Å². The molecule has 1 N–H and O–H groups in total. The molecule has 1 atom stereocenters. The van der Waals surface area contributed by atoms with Crippen molar-refractivity contribution < 1.29 is 4.74 Å². The normalized spacial score (nSPS) is 11.5. The van der Waals surface area contributed by atoms with Gasteiger partial charge in [0, 0.05) is 0 Å². The van der Waals surface area contributed by atoms with Crippen molar-refractivity contribution in [2.24, 2.45) is 0 Å². The maximum atomic E-state index is 8.77. The summed E-state index contributed by atoms with van der Waals surface area (Å²) in [5.74, 6) is 0.332. The fourth-order valence-corrected chi connectivity index (χ4v) is 1.76. The first kappa shape index (κ1) is 14.0. The lowest BCUT2D eigenvalue weighted by molar-refractivity contribution is 0.378. The van der Waals surface area contributed by atoms with Gasteiger partial charge in [0.25, 0.3) is 0 Å². The number of nitrogens with zero attached hydrogens (tertiary/aromatic N) is 4. The number of nitriles is 1. The summed E-state index contributed by atoms with van der Waals surface area (Å²) < 4.78 is 4.93. The summed E-state index contributed by atoms with van der Waals surface area (Å²) in [7, 11) is 1.46. The average molecular weight is 290 g/mol. The Hall–Kier alpha value is -2.39. The van der Waals surface area contributed by atoms with Gasteiger partial charge < -0.3 is 10.1 Å². The predicted octanol–water partition coefficient (Wildman–Crippen LogP) is 2.58. The Labute approximate surface area is 121 Å². The van der Waals surface area contributed by atoms with Crippen LogP contribution in [0.2, 0.25) is 5.28 Å². The van der Waals surface area contributed by atoms with E-state index in [0.29, 0.717) is 11.5 Å². The third kappa shape index (κ3) is 3.33. The van der Waals surface area contributed by atoms with Gasteiger partial charge in [0.15, 0.2) is 0 Å². The molecule has 2 rings (SSSR count). The number of anilines is 1. The number of benzene rings is 1. The van der Waals surface area contributed by atoms with E-state index in [1.165, 1.54) is 7.11 Å². The minimum atomic E-state index is -0.0501. The third-order valence-corrected chi connectivity index (χ3v) is 2.82. The van der Waals surface area contributed by atoms with Gasteiger partial charge in [-0.25, -0.2) is 0 Å². The second-order valence-electron chi connectivity index (χ2n) is 4.01. The lowest BCUT2D eigenvalue weighted by atomic mass is 10.1. The van der Waals surface area contributed by atoms with Crippen LogP contribution >= 0.6 is 11.6 Å². The van der Waals surface area contributed by atoms with Crippen molar-refractivity contribution in [3.8, 4) is 12.1 Å². The molecular formula is C13H12ClN5O. The molecule has 2 aromatic rings. The van der Waals surface area contributed by atoms with Crippen LogP contribution in [0.3, 0.4) is 0 Å². The molecule has 0 saturated heterocycles. The predicted molar refractivity (Wildman–Crippen MR) is 74.6 cm³/mol. The lowest BCUT2D eigenvalue weighted by Crippen LogP contribution is -2.10. The molecule has 0 saturated carbocycles. The maximum Gasteiger partial charge on any atom is 0.322 e. The highest BCUT2D eigenvalue weighted by Gasteiger charge is 2.10. The first-order chi connectivity index (χ1) is 9.62. The molecule has 6 nitrogen and oxygen atoms in total. The molecule has 1 aromatic heterocycles. The molecule has 102 valence electrons. The summed E-state index contributed by atoms with van der Waals surface area (Å²) in [5, 5.41) is 11.9. The summed E-state index contributed by atoms with van der Waals surface area (Å²) in [6.45, 7) is 1.95. The molecule has 1 unspecified atom stereocenters. The molecule has 0 aliphatic carbocycles. The summed E-state index contributed by atoms with van der Waals surface area (Å²) in [4.78, 5) is 11.8. The van der Waals surface area contributed by atoms with E-state index < -0.39 is 0 Å². The molecule has 1 aromatic carbocycles. The van der Waals surface area contributed by atoms with Crippen LogP contribution in [0.5, 0.6) is 6.01 Å². The van der Waals surface area contributed by atoms with Gasteiger partial charge in [0.1, 0.15) is 0 Å². The smallest absolute Gasteiger partial charge is 0.322 e. The van der Waals surface area contributed by atoms with Crippen molar-refractivity contribution >= 4 is 17.5 Å². The maximum absolute atomic E-state index is 8.77. The highest BCUT2D eigenvalue weighted by molar-refractivity contribution is 6.28. The number of aromatic nitrogens is 3. The standard InChI is InChI=1S/C13H12ClN5O/c1-8(10-5-3-9(7-15)4-6-10)16-12-17-11(14)18-13(19-12)20-2/h3-6,8H,1-2H3,(H,16,17,18,19). The first-order valence-corrected chi connectivity index (χ1v) is 6.22. The van der Waals surface area contributed by atoms with Crippen LogP contribution in [0.4, 0.5) is 5.95 Å². The Morgan fingerprint density at radius 1 is 1.25 bits per heavy atom. The summed E-state index contributed by atoms with van der Waals surface area (Å²) in [6.07, 6.45) is 0. The van der Waals surface area contributed by atoms with Crippen molar-refractivity contribution in [3.05, 3.63) is 40.7 Å². The van der Waals surface area contributed by atoms with Crippen molar-refractivity contribution in [2.45, 2.75) is 13.0 Å². The van der Waals surface area contributed by atoms with Gasteiger partial charge in [-0.3, -0.25) is 0 Å². The van der Waals surface area contributed by atoms with E-state index in [-0.39, 0.29) is 17.3 Å². The average Bonchev–Trinajstić information content (AvgIpc) is 2.46. The number of ether oxygens (including phenoxy) is 1. The van der Waals surface area contributed by atoms with Crippen molar-refractivity contribution in [1.82, 2.24) is 15.0 Å². The molecule has 0 aliphatic rings. The molecule has 0 amide bonds. The molecular weight excluding hydrogens is 278 g/mol. The molecule has 0 fully saturated rings. The lowest BCUT2D eigenvalue weighted by Gasteiger charge is -2.14. The number of methoxy groups -OCH3 is 1. The SMILES string of the molecule is COc1nc(Cl)nc(NC(C)c2ccc(C#N)cc2)n1. The van der Waals surface area contributed by atoms with E-state index in [4.69, 9.17) is 21.6 Å². The van der Waals surface area contributed by atoms with Crippen molar-refractivity contribution in [1.29, 1.82) is 5.26 Å². The van der Waals surface area contributed by atoms with E-state index in [1.54, 1.807) is 12.1 Å². The van der Waals surface area contributed by atoms with Crippen LogP contribution in [0.25, 0.3) is 0 Å². The number of nitrogens with one attached hydrogen (secondary N) is 1. The summed E-state index contributed by atoms with van der Waals surface area (Å²) in [6, 6.07) is 9.44. The third-order valence-electron chi connectivity index (χ3n) is 2.66. The van der Waals surface area contributed by atoms with E-state index in [2.05, 4.69) is 26.3 Å². The highest BCUT2D eigenvalue weighted by Crippen LogP contribution is 2.19. The van der Waals surface area contributed by atoms with Crippen LogP contribution in [0.15, 0.2) is 24.3 Å². The van der Waals surface area contributed by atoms with Gasteiger partial charge in [-0.2, -0.15) is 20.2 Å².